The molecule has 7 nitrogen and oxygen atoms in total. The van der Waals surface area contributed by atoms with Crippen molar-refractivity contribution in [2.45, 2.75) is 20.0 Å². The number of fused-ring (bicyclic) bond motifs is 4. The lowest BCUT2D eigenvalue weighted by Gasteiger charge is -2.36. The number of benzene rings is 2. The van der Waals surface area contributed by atoms with E-state index in [0.29, 0.717) is 12.3 Å². The van der Waals surface area contributed by atoms with Crippen molar-refractivity contribution in [1.29, 1.82) is 0 Å². The van der Waals surface area contributed by atoms with E-state index in [-0.39, 0.29) is 0 Å². The van der Waals surface area contributed by atoms with E-state index in [1.807, 2.05) is 17.6 Å². The Labute approximate surface area is 198 Å². The third-order valence-corrected chi connectivity index (χ3v) is 6.96. The second-order valence-corrected chi connectivity index (χ2v) is 8.99. The van der Waals surface area contributed by atoms with Crippen molar-refractivity contribution >= 4 is 22.9 Å². The van der Waals surface area contributed by atoms with E-state index < -0.39 is 0 Å². The normalized spacial score (nSPS) is 15.6. The Morgan fingerprint density at radius 2 is 1.82 bits per heavy atom. The summed E-state index contributed by atoms with van der Waals surface area (Å²) < 4.78 is 8.07. The molecule has 4 heterocycles. The fourth-order valence-corrected chi connectivity index (χ4v) is 5.11. The van der Waals surface area contributed by atoms with Crippen LogP contribution in [0.2, 0.25) is 0 Å². The number of piperazine rings is 1. The number of hydrogen-bond acceptors (Lipinski definition) is 6. The SMILES string of the molecule is Cc1ccc2c(N3CCN(CCc4cccc5c4OCc4c(C=O)ncn4-5)CC3)cccc2n1. The van der Waals surface area contributed by atoms with Crippen molar-refractivity contribution in [3.05, 3.63) is 77.5 Å². The second-order valence-electron chi connectivity index (χ2n) is 8.99. The lowest BCUT2D eigenvalue weighted by Crippen LogP contribution is -2.47. The van der Waals surface area contributed by atoms with E-state index in [1.54, 1.807) is 6.33 Å². The molecule has 0 radical (unpaired) electrons. The van der Waals surface area contributed by atoms with Gasteiger partial charge >= 0.3 is 0 Å². The van der Waals surface area contributed by atoms with Crippen LogP contribution >= 0.6 is 0 Å². The molecule has 0 amide bonds. The summed E-state index contributed by atoms with van der Waals surface area (Å²) >= 11 is 0. The van der Waals surface area contributed by atoms with Crippen LogP contribution < -0.4 is 9.64 Å². The number of aromatic nitrogens is 3. The summed E-state index contributed by atoms with van der Waals surface area (Å²) in [4.78, 5) is 25.2. The molecule has 0 aliphatic carbocycles. The summed E-state index contributed by atoms with van der Waals surface area (Å²) in [6.45, 7) is 7.46. The summed E-state index contributed by atoms with van der Waals surface area (Å²) in [6, 6.07) is 16.9. The summed E-state index contributed by atoms with van der Waals surface area (Å²) in [5.41, 5.74) is 6.82. The average Bonchev–Trinajstić information content (AvgIpc) is 3.31. The molecule has 0 unspecified atom stereocenters. The van der Waals surface area contributed by atoms with Crippen LogP contribution in [0.1, 0.15) is 27.4 Å². The average molecular weight is 454 g/mol. The number of hydrogen-bond donors (Lipinski definition) is 0. The lowest BCUT2D eigenvalue weighted by molar-refractivity contribution is 0.111. The number of rotatable bonds is 5. The van der Waals surface area contributed by atoms with Gasteiger partial charge in [-0.2, -0.15) is 0 Å². The van der Waals surface area contributed by atoms with Gasteiger partial charge in [-0.05, 0) is 49.2 Å². The van der Waals surface area contributed by atoms with Crippen molar-refractivity contribution in [3.8, 4) is 11.4 Å². The Bertz CT molecular complexity index is 1370. The van der Waals surface area contributed by atoms with Gasteiger partial charge in [0.25, 0.3) is 0 Å². The van der Waals surface area contributed by atoms with Gasteiger partial charge in [-0.25, -0.2) is 4.98 Å². The number of carbonyl (C=O) groups excluding carboxylic acids is 1. The summed E-state index contributed by atoms with van der Waals surface area (Å²) in [7, 11) is 0. The van der Waals surface area contributed by atoms with E-state index in [2.05, 4.69) is 57.2 Å². The first-order valence-corrected chi connectivity index (χ1v) is 11.8. The van der Waals surface area contributed by atoms with Crippen molar-refractivity contribution in [2.75, 3.05) is 37.6 Å². The lowest BCUT2D eigenvalue weighted by atomic mass is 10.1. The number of aryl methyl sites for hydroxylation is 1. The molecule has 2 aliphatic heterocycles. The van der Waals surface area contributed by atoms with E-state index in [1.165, 1.54) is 16.6 Å². The zero-order valence-electron chi connectivity index (χ0n) is 19.3. The first-order valence-electron chi connectivity index (χ1n) is 11.8. The van der Waals surface area contributed by atoms with Crippen molar-refractivity contribution < 1.29 is 9.53 Å². The van der Waals surface area contributed by atoms with Gasteiger partial charge in [-0.1, -0.05) is 18.2 Å². The Hall–Kier alpha value is -3.71. The van der Waals surface area contributed by atoms with Gasteiger partial charge in [0.2, 0.25) is 0 Å². The van der Waals surface area contributed by atoms with Crippen LogP contribution in [0.3, 0.4) is 0 Å². The van der Waals surface area contributed by atoms with E-state index in [4.69, 9.17) is 9.72 Å². The molecule has 2 aliphatic rings. The molecule has 0 atom stereocenters. The zero-order valence-corrected chi connectivity index (χ0v) is 19.3. The molecule has 172 valence electrons. The van der Waals surface area contributed by atoms with Gasteiger partial charge < -0.3 is 9.64 Å². The van der Waals surface area contributed by atoms with Crippen LogP contribution in [0.25, 0.3) is 16.6 Å². The third-order valence-electron chi connectivity index (χ3n) is 6.96. The maximum absolute atomic E-state index is 11.2. The Morgan fingerprint density at radius 3 is 2.68 bits per heavy atom. The largest absolute Gasteiger partial charge is 0.485 e. The molecule has 6 rings (SSSR count). The van der Waals surface area contributed by atoms with Crippen LogP contribution in [-0.2, 0) is 13.0 Å². The monoisotopic (exact) mass is 453 g/mol. The highest BCUT2D eigenvalue weighted by molar-refractivity contribution is 5.92. The molecule has 2 aromatic heterocycles. The molecular formula is C27H27N5O2. The minimum absolute atomic E-state index is 0.371. The molecule has 4 aromatic rings. The predicted octanol–water partition coefficient (Wildman–Crippen LogP) is 3.80. The van der Waals surface area contributed by atoms with Crippen molar-refractivity contribution in [3.63, 3.8) is 0 Å². The third kappa shape index (κ3) is 3.62. The molecule has 1 saturated heterocycles. The quantitative estimate of drug-likeness (QED) is 0.429. The summed E-state index contributed by atoms with van der Waals surface area (Å²) in [5, 5.41) is 1.23. The van der Waals surface area contributed by atoms with E-state index in [0.717, 1.165) is 73.8 Å². The molecule has 7 heteroatoms. The summed E-state index contributed by atoms with van der Waals surface area (Å²) in [5.74, 6) is 0.905. The highest BCUT2D eigenvalue weighted by Crippen LogP contribution is 2.34. The number of para-hydroxylation sites is 1. The maximum Gasteiger partial charge on any atom is 0.170 e. The Morgan fingerprint density at radius 1 is 1.00 bits per heavy atom. The Balaban J connectivity index is 1.13. The Kier molecular flexibility index (Phi) is 5.26. The minimum atomic E-state index is 0.371. The van der Waals surface area contributed by atoms with Crippen LogP contribution in [0.4, 0.5) is 5.69 Å². The molecule has 2 aromatic carbocycles. The number of ether oxygens (including phenoxy) is 1. The topological polar surface area (TPSA) is 63.5 Å². The number of nitrogens with zero attached hydrogens (tertiary/aromatic N) is 5. The standard InChI is InChI=1S/C27H27N5O2/c1-19-8-9-21-22(29-19)5-3-6-24(21)31-14-12-30(13-15-31)11-10-20-4-2-7-25-27(20)34-17-26-23(16-33)28-18-32(25)26/h2-9,16,18H,10-15,17H2,1H3. The van der Waals surface area contributed by atoms with E-state index >= 15 is 0 Å². The van der Waals surface area contributed by atoms with Crippen LogP contribution in [-0.4, -0.2) is 58.4 Å². The first kappa shape index (κ1) is 20.9. The number of aldehydes is 1. The molecular weight excluding hydrogens is 426 g/mol. The second kappa shape index (κ2) is 8.57. The fourth-order valence-electron chi connectivity index (χ4n) is 5.11. The highest BCUT2D eigenvalue weighted by Gasteiger charge is 2.24. The predicted molar refractivity (Wildman–Crippen MR) is 132 cm³/mol. The molecule has 0 saturated carbocycles. The van der Waals surface area contributed by atoms with Crippen LogP contribution in [0, 0.1) is 6.92 Å². The van der Waals surface area contributed by atoms with Crippen molar-refractivity contribution in [1.82, 2.24) is 19.4 Å². The minimum Gasteiger partial charge on any atom is -0.485 e. The molecule has 0 bridgehead atoms. The van der Waals surface area contributed by atoms with Crippen LogP contribution in [0.15, 0.2) is 54.9 Å². The van der Waals surface area contributed by atoms with E-state index in [9.17, 15) is 4.79 Å². The first-order chi connectivity index (χ1) is 16.7. The number of carbonyl (C=O) groups is 1. The van der Waals surface area contributed by atoms with Gasteiger partial charge in [0, 0.05) is 49.5 Å². The summed E-state index contributed by atoms with van der Waals surface area (Å²) in [6.07, 6.45) is 3.43. The highest BCUT2D eigenvalue weighted by atomic mass is 16.5. The smallest absolute Gasteiger partial charge is 0.170 e. The van der Waals surface area contributed by atoms with Crippen LogP contribution in [0.5, 0.6) is 5.75 Å². The molecule has 0 N–H and O–H groups in total. The number of imidazole rings is 1. The van der Waals surface area contributed by atoms with Gasteiger partial charge in [-0.3, -0.25) is 19.2 Å². The van der Waals surface area contributed by atoms with Crippen molar-refractivity contribution in [2.24, 2.45) is 0 Å². The number of anilines is 1. The van der Waals surface area contributed by atoms with Gasteiger partial charge in [0.1, 0.15) is 24.4 Å². The zero-order chi connectivity index (χ0) is 23.1. The number of pyridine rings is 1. The molecule has 0 spiro atoms. The molecule has 34 heavy (non-hydrogen) atoms. The van der Waals surface area contributed by atoms with Gasteiger partial charge in [0.05, 0.1) is 16.9 Å². The maximum atomic E-state index is 11.2. The van der Waals surface area contributed by atoms with Gasteiger partial charge in [0.15, 0.2) is 6.29 Å². The fraction of sp³-hybridized carbons (Fsp3) is 0.296. The van der Waals surface area contributed by atoms with Gasteiger partial charge in [-0.15, -0.1) is 0 Å². The molecule has 1 fully saturated rings.